The van der Waals surface area contributed by atoms with Crippen LogP contribution >= 0.6 is 11.6 Å². The van der Waals surface area contributed by atoms with E-state index in [1.54, 1.807) is 11.7 Å². The fourth-order valence-electron chi connectivity index (χ4n) is 2.29. The SMILES string of the molecule is COc1ccc(COc2ccccc2-n2cncc2C(=O)Cl)cc1. The topological polar surface area (TPSA) is 53.4 Å². The van der Waals surface area contributed by atoms with Crippen molar-refractivity contribution in [1.29, 1.82) is 0 Å². The zero-order valence-electron chi connectivity index (χ0n) is 13.0. The number of hydrogen-bond acceptors (Lipinski definition) is 4. The lowest BCUT2D eigenvalue weighted by Gasteiger charge is -2.13. The molecule has 0 bridgehead atoms. The number of imidazole rings is 1. The van der Waals surface area contributed by atoms with E-state index < -0.39 is 5.24 Å². The molecule has 0 atom stereocenters. The summed E-state index contributed by atoms with van der Waals surface area (Å²) in [7, 11) is 1.63. The van der Waals surface area contributed by atoms with Crippen LogP contribution < -0.4 is 9.47 Å². The molecule has 0 aliphatic carbocycles. The first-order valence-electron chi connectivity index (χ1n) is 7.26. The Balaban J connectivity index is 1.84. The van der Waals surface area contributed by atoms with Crippen molar-refractivity contribution < 1.29 is 14.3 Å². The van der Waals surface area contributed by atoms with Gasteiger partial charge in [-0.15, -0.1) is 0 Å². The minimum atomic E-state index is -0.572. The van der Waals surface area contributed by atoms with Gasteiger partial charge in [-0.2, -0.15) is 0 Å². The van der Waals surface area contributed by atoms with Crippen molar-refractivity contribution in [2.45, 2.75) is 6.61 Å². The number of carbonyl (C=O) groups excluding carboxylic acids is 1. The highest BCUT2D eigenvalue weighted by Gasteiger charge is 2.14. The average molecular weight is 343 g/mol. The van der Waals surface area contributed by atoms with Crippen LogP contribution in [0.1, 0.15) is 16.1 Å². The number of aromatic nitrogens is 2. The summed E-state index contributed by atoms with van der Waals surface area (Å²) in [4.78, 5) is 15.5. The van der Waals surface area contributed by atoms with E-state index in [9.17, 15) is 4.79 Å². The van der Waals surface area contributed by atoms with Crippen LogP contribution in [0.2, 0.25) is 0 Å². The normalized spacial score (nSPS) is 10.4. The van der Waals surface area contributed by atoms with Crippen molar-refractivity contribution >= 4 is 16.8 Å². The van der Waals surface area contributed by atoms with Crippen LogP contribution in [-0.4, -0.2) is 21.9 Å². The molecule has 1 heterocycles. The molecule has 0 radical (unpaired) electrons. The molecule has 24 heavy (non-hydrogen) atoms. The number of carbonyl (C=O) groups is 1. The summed E-state index contributed by atoms with van der Waals surface area (Å²) in [5, 5.41) is -0.572. The van der Waals surface area contributed by atoms with E-state index in [1.807, 2.05) is 48.5 Å². The number of rotatable bonds is 6. The van der Waals surface area contributed by atoms with Gasteiger partial charge in [-0.25, -0.2) is 4.98 Å². The molecule has 3 rings (SSSR count). The standard InChI is InChI=1S/C18H15ClN2O3/c1-23-14-8-6-13(7-9-14)11-24-17-5-3-2-4-15(17)21-12-20-10-16(21)18(19)22/h2-10,12H,11H2,1H3. The van der Waals surface area contributed by atoms with Crippen molar-refractivity contribution in [2.75, 3.05) is 7.11 Å². The third-order valence-corrected chi connectivity index (χ3v) is 3.71. The summed E-state index contributed by atoms with van der Waals surface area (Å²) in [6, 6.07) is 15.0. The molecule has 122 valence electrons. The monoisotopic (exact) mass is 342 g/mol. The molecule has 0 amide bonds. The van der Waals surface area contributed by atoms with Crippen molar-refractivity contribution in [3.05, 3.63) is 72.3 Å². The second-order valence-corrected chi connectivity index (χ2v) is 5.37. The summed E-state index contributed by atoms with van der Waals surface area (Å²) in [5.74, 6) is 1.42. The van der Waals surface area contributed by atoms with Crippen LogP contribution in [0.4, 0.5) is 0 Å². The van der Waals surface area contributed by atoms with Gasteiger partial charge in [0, 0.05) is 0 Å². The van der Waals surface area contributed by atoms with Crippen LogP contribution in [0.3, 0.4) is 0 Å². The Kier molecular flexibility index (Phi) is 4.82. The maximum Gasteiger partial charge on any atom is 0.270 e. The maximum atomic E-state index is 11.5. The molecule has 0 fully saturated rings. The molecular formula is C18H15ClN2O3. The molecule has 0 aliphatic heterocycles. The van der Waals surface area contributed by atoms with E-state index in [0.29, 0.717) is 18.0 Å². The molecule has 0 unspecified atom stereocenters. The third-order valence-electron chi connectivity index (χ3n) is 3.52. The van der Waals surface area contributed by atoms with Gasteiger partial charge in [-0.1, -0.05) is 24.3 Å². The fraction of sp³-hybridized carbons (Fsp3) is 0.111. The molecule has 0 saturated heterocycles. The molecular weight excluding hydrogens is 328 g/mol. The molecule has 0 aliphatic rings. The number of methoxy groups -OCH3 is 1. The highest BCUT2D eigenvalue weighted by atomic mass is 35.5. The molecule has 6 heteroatoms. The van der Waals surface area contributed by atoms with Gasteiger partial charge < -0.3 is 9.47 Å². The Hall–Kier alpha value is -2.79. The molecule has 1 aromatic heterocycles. The number of halogens is 1. The zero-order chi connectivity index (χ0) is 16.9. The van der Waals surface area contributed by atoms with Crippen molar-refractivity contribution in [1.82, 2.24) is 9.55 Å². The van der Waals surface area contributed by atoms with Gasteiger partial charge in [-0.05, 0) is 41.4 Å². The maximum absolute atomic E-state index is 11.5. The van der Waals surface area contributed by atoms with Gasteiger partial charge in [0.2, 0.25) is 0 Å². The Morgan fingerprint density at radius 1 is 1.17 bits per heavy atom. The summed E-state index contributed by atoms with van der Waals surface area (Å²) < 4.78 is 12.7. The van der Waals surface area contributed by atoms with E-state index in [2.05, 4.69) is 4.98 Å². The van der Waals surface area contributed by atoms with E-state index in [0.717, 1.165) is 11.3 Å². The molecule has 0 spiro atoms. The lowest BCUT2D eigenvalue weighted by Crippen LogP contribution is -2.05. The van der Waals surface area contributed by atoms with Gasteiger partial charge >= 0.3 is 0 Å². The molecule has 0 saturated carbocycles. The highest BCUT2D eigenvalue weighted by molar-refractivity contribution is 6.67. The van der Waals surface area contributed by atoms with Gasteiger partial charge in [0.05, 0.1) is 25.3 Å². The van der Waals surface area contributed by atoms with Crippen molar-refractivity contribution in [2.24, 2.45) is 0 Å². The third kappa shape index (κ3) is 3.41. The average Bonchev–Trinajstić information content (AvgIpc) is 3.10. The predicted molar refractivity (Wildman–Crippen MR) is 91.1 cm³/mol. The van der Waals surface area contributed by atoms with Crippen LogP contribution in [-0.2, 0) is 6.61 Å². The second-order valence-electron chi connectivity index (χ2n) is 5.03. The Bertz CT molecular complexity index is 843. The van der Waals surface area contributed by atoms with Crippen LogP contribution in [0.5, 0.6) is 11.5 Å². The second kappa shape index (κ2) is 7.19. The lowest BCUT2D eigenvalue weighted by molar-refractivity contribution is 0.107. The number of para-hydroxylation sites is 2. The fourth-order valence-corrected chi connectivity index (χ4v) is 2.43. The van der Waals surface area contributed by atoms with Gasteiger partial charge in [0.15, 0.2) is 0 Å². The number of hydrogen-bond donors (Lipinski definition) is 0. The lowest BCUT2D eigenvalue weighted by atomic mass is 10.2. The summed E-state index contributed by atoms with van der Waals surface area (Å²) in [5.41, 5.74) is 1.99. The number of ether oxygens (including phenoxy) is 2. The largest absolute Gasteiger partial charge is 0.497 e. The summed E-state index contributed by atoms with van der Waals surface area (Å²) >= 11 is 5.60. The quantitative estimate of drug-likeness (QED) is 0.639. The van der Waals surface area contributed by atoms with Crippen molar-refractivity contribution in [3.8, 4) is 17.2 Å². The molecule has 0 N–H and O–H groups in total. The van der Waals surface area contributed by atoms with Gasteiger partial charge in [0.25, 0.3) is 5.24 Å². The molecule has 2 aromatic carbocycles. The smallest absolute Gasteiger partial charge is 0.270 e. The van der Waals surface area contributed by atoms with Gasteiger partial charge in [0.1, 0.15) is 23.8 Å². The van der Waals surface area contributed by atoms with E-state index in [1.165, 1.54) is 12.5 Å². The first-order chi connectivity index (χ1) is 11.7. The predicted octanol–water partition coefficient (Wildman–Crippen LogP) is 3.84. The van der Waals surface area contributed by atoms with Crippen LogP contribution in [0.25, 0.3) is 5.69 Å². The van der Waals surface area contributed by atoms with E-state index in [-0.39, 0.29) is 5.69 Å². The van der Waals surface area contributed by atoms with Crippen LogP contribution in [0, 0.1) is 0 Å². The number of nitrogens with zero attached hydrogens (tertiary/aromatic N) is 2. The first-order valence-corrected chi connectivity index (χ1v) is 7.64. The summed E-state index contributed by atoms with van der Waals surface area (Å²) in [6.07, 6.45) is 2.96. The van der Waals surface area contributed by atoms with E-state index in [4.69, 9.17) is 21.1 Å². The van der Waals surface area contributed by atoms with Crippen molar-refractivity contribution in [3.63, 3.8) is 0 Å². The number of benzene rings is 2. The molecule has 3 aromatic rings. The minimum absolute atomic E-state index is 0.289. The highest BCUT2D eigenvalue weighted by Crippen LogP contribution is 2.25. The minimum Gasteiger partial charge on any atom is -0.497 e. The van der Waals surface area contributed by atoms with Gasteiger partial charge in [-0.3, -0.25) is 9.36 Å². The van der Waals surface area contributed by atoms with E-state index >= 15 is 0 Å². The Labute approximate surface area is 144 Å². The van der Waals surface area contributed by atoms with Crippen LogP contribution in [0.15, 0.2) is 61.1 Å². The first kappa shape index (κ1) is 16.1. The zero-order valence-corrected chi connectivity index (χ0v) is 13.7. The Morgan fingerprint density at radius 2 is 1.92 bits per heavy atom. The molecule has 5 nitrogen and oxygen atoms in total. The Morgan fingerprint density at radius 3 is 2.62 bits per heavy atom. The summed E-state index contributed by atoms with van der Waals surface area (Å²) in [6.45, 7) is 0.389.